The Morgan fingerprint density at radius 1 is 1.03 bits per heavy atom. The van der Waals surface area contributed by atoms with Crippen molar-refractivity contribution in [1.82, 2.24) is 15.6 Å². The van der Waals surface area contributed by atoms with Crippen molar-refractivity contribution >= 4 is 22.7 Å². The molecule has 7 heteroatoms. The molecule has 1 heterocycles. The Balaban J connectivity index is 1.58. The fourth-order valence-electron chi connectivity index (χ4n) is 3.57. The zero-order valence-corrected chi connectivity index (χ0v) is 18.6. The normalized spacial score (nSPS) is 11.9. The summed E-state index contributed by atoms with van der Waals surface area (Å²) < 4.78 is 10.9. The smallest absolute Gasteiger partial charge is 0.243 e. The van der Waals surface area contributed by atoms with Crippen molar-refractivity contribution in [3.05, 3.63) is 71.4 Å². The molecule has 7 nitrogen and oxygen atoms in total. The second kappa shape index (κ2) is 12.0. The molecule has 1 aromatic heterocycles. The summed E-state index contributed by atoms with van der Waals surface area (Å²) >= 11 is 0. The van der Waals surface area contributed by atoms with Gasteiger partial charge in [0.1, 0.15) is 6.04 Å². The second-order valence-corrected chi connectivity index (χ2v) is 7.60. The van der Waals surface area contributed by atoms with Crippen LogP contribution in [-0.2, 0) is 38.6 Å². The first-order valence-electron chi connectivity index (χ1n) is 10.9. The number of aromatic amines is 1. The van der Waals surface area contributed by atoms with Crippen LogP contribution in [0.1, 0.15) is 30.5 Å². The van der Waals surface area contributed by atoms with E-state index in [1.807, 2.05) is 61.7 Å². The summed E-state index contributed by atoms with van der Waals surface area (Å²) in [4.78, 5) is 27.8. The van der Waals surface area contributed by atoms with E-state index in [-0.39, 0.29) is 11.8 Å². The van der Waals surface area contributed by atoms with E-state index in [1.54, 1.807) is 0 Å². The first-order valence-corrected chi connectivity index (χ1v) is 10.9. The van der Waals surface area contributed by atoms with Gasteiger partial charge in [0.2, 0.25) is 11.8 Å². The SMILES string of the molecule is CCOCCOCc1cccc(CNC(=O)C(Cc2c[nH]c3ccccc23)NC(C)=O)c1. The number of aromatic nitrogens is 1. The van der Waals surface area contributed by atoms with E-state index < -0.39 is 6.04 Å². The van der Waals surface area contributed by atoms with Gasteiger partial charge in [0.15, 0.2) is 0 Å². The Bertz CT molecular complexity index is 1030. The fraction of sp³-hybridized carbons (Fsp3) is 0.360. The van der Waals surface area contributed by atoms with Crippen LogP contribution in [0.5, 0.6) is 0 Å². The minimum Gasteiger partial charge on any atom is -0.379 e. The van der Waals surface area contributed by atoms with Crippen LogP contribution < -0.4 is 10.6 Å². The van der Waals surface area contributed by atoms with Gasteiger partial charge in [-0.15, -0.1) is 0 Å². The molecule has 1 unspecified atom stereocenters. The van der Waals surface area contributed by atoms with Gasteiger partial charge in [-0.05, 0) is 29.7 Å². The maximum absolute atomic E-state index is 12.9. The topological polar surface area (TPSA) is 92.4 Å². The summed E-state index contributed by atoms with van der Waals surface area (Å²) in [5.74, 6) is -0.458. The van der Waals surface area contributed by atoms with Crippen LogP contribution in [0.4, 0.5) is 0 Å². The van der Waals surface area contributed by atoms with Crippen molar-refractivity contribution < 1.29 is 19.1 Å². The minimum atomic E-state index is -0.656. The average Bonchev–Trinajstić information content (AvgIpc) is 3.20. The molecule has 0 aliphatic rings. The highest BCUT2D eigenvalue weighted by Gasteiger charge is 2.21. The predicted molar refractivity (Wildman–Crippen MR) is 124 cm³/mol. The molecule has 0 radical (unpaired) electrons. The predicted octanol–water partition coefficient (Wildman–Crippen LogP) is 3.08. The third kappa shape index (κ3) is 6.93. The zero-order valence-electron chi connectivity index (χ0n) is 18.6. The van der Waals surface area contributed by atoms with E-state index in [0.717, 1.165) is 27.6 Å². The highest BCUT2D eigenvalue weighted by molar-refractivity contribution is 5.89. The lowest BCUT2D eigenvalue weighted by Crippen LogP contribution is -2.47. The Morgan fingerprint density at radius 3 is 2.62 bits per heavy atom. The van der Waals surface area contributed by atoms with Crippen LogP contribution in [0.2, 0.25) is 0 Å². The number of fused-ring (bicyclic) bond motifs is 1. The van der Waals surface area contributed by atoms with Crippen LogP contribution in [0, 0.1) is 0 Å². The van der Waals surface area contributed by atoms with Crippen molar-refractivity contribution in [2.75, 3.05) is 19.8 Å². The first kappa shape index (κ1) is 23.5. The Hall–Kier alpha value is -3.16. The molecule has 1 atom stereocenters. The molecular formula is C25H31N3O4. The van der Waals surface area contributed by atoms with Crippen molar-refractivity contribution in [3.63, 3.8) is 0 Å². The van der Waals surface area contributed by atoms with Gasteiger partial charge >= 0.3 is 0 Å². The van der Waals surface area contributed by atoms with Crippen molar-refractivity contribution in [3.8, 4) is 0 Å². The summed E-state index contributed by atoms with van der Waals surface area (Å²) in [7, 11) is 0. The largest absolute Gasteiger partial charge is 0.379 e. The molecule has 0 fully saturated rings. The van der Waals surface area contributed by atoms with Crippen molar-refractivity contribution in [2.45, 2.75) is 39.5 Å². The molecule has 0 saturated carbocycles. The molecule has 3 aromatic rings. The van der Waals surface area contributed by atoms with E-state index in [2.05, 4.69) is 15.6 Å². The molecule has 170 valence electrons. The van der Waals surface area contributed by atoms with Crippen molar-refractivity contribution in [1.29, 1.82) is 0 Å². The van der Waals surface area contributed by atoms with E-state index in [9.17, 15) is 9.59 Å². The summed E-state index contributed by atoms with van der Waals surface area (Å²) in [6, 6.07) is 15.1. The number of benzene rings is 2. The molecule has 32 heavy (non-hydrogen) atoms. The molecule has 2 aromatic carbocycles. The Labute approximate surface area is 188 Å². The number of hydrogen-bond donors (Lipinski definition) is 3. The quantitative estimate of drug-likeness (QED) is 0.380. The van der Waals surface area contributed by atoms with Crippen molar-refractivity contribution in [2.24, 2.45) is 0 Å². The molecule has 0 aliphatic heterocycles. The lowest BCUT2D eigenvalue weighted by Gasteiger charge is -2.18. The number of ether oxygens (including phenoxy) is 2. The molecule has 0 spiro atoms. The highest BCUT2D eigenvalue weighted by atomic mass is 16.5. The maximum Gasteiger partial charge on any atom is 0.243 e. The van der Waals surface area contributed by atoms with Gasteiger partial charge in [-0.25, -0.2) is 0 Å². The number of carbonyl (C=O) groups is 2. The molecule has 3 rings (SSSR count). The van der Waals surface area contributed by atoms with Crippen LogP contribution in [-0.4, -0.2) is 42.7 Å². The Morgan fingerprint density at radius 2 is 1.81 bits per heavy atom. The van der Waals surface area contributed by atoms with Crippen LogP contribution >= 0.6 is 0 Å². The van der Waals surface area contributed by atoms with E-state index in [0.29, 0.717) is 39.4 Å². The van der Waals surface area contributed by atoms with Crippen LogP contribution in [0.15, 0.2) is 54.7 Å². The highest BCUT2D eigenvalue weighted by Crippen LogP contribution is 2.19. The summed E-state index contributed by atoms with van der Waals surface area (Å²) in [5.41, 5.74) is 3.99. The third-order valence-corrected chi connectivity index (χ3v) is 5.10. The van der Waals surface area contributed by atoms with E-state index in [1.165, 1.54) is 6.92 Å². The maximum atomic E-state index is 12.9. The van der Waals surface area contributed by atoms with Gasteiger partial charge < -0.3 is 25.1 Å². The Kier molecular flexibility index (Phi) is 8.83. The summed E-state index contributed by atoms with van der Waals surface area (Å²) in [5, 5.41) is 6.78. The summed E-state index contributed by atoms with van der Waals surface area (Å²) in [6.07, 6.45) is 2.30. The number of amides is 2. The van der Waals surface area contributed by atoms with Gasteiger partial charge in [0, 0.05) is 43.6 Å². The van der Waals surface area contributed by atoms with Gasteiger partial charge in [-0.3, -0.25) is 9.59 Å². The van der Waals surface area contributed by atoms with Gasteiger partial charge in [-0.1, -0.05) is 42.5 Å². The molecular weight excluding hydrogens is 406 g/mol. The molecule has 0 saturated heterocycles. The molecule has 0 bridgehead atoms. The zero-order chi connectivity index (χ0) is 22.8. The lowest BCUT2D eigenvalue weighted by atomic mass is 10.0. The number of nitrogens with one attached hydrogen (secondary N) is 3. The number of H-pyrrole nitrogens is 1. The van der Waals surface area contributed by atoms with Gasteiger partial charge in [0.25, 0.3) is 0 Å². The standard InChI is InChI=1S/C25H31N3O4/c1-3-31-11-12-32-17-20-8-6-7-19(13-20)15-27-25(30)24(28-18(2)29)14-21-16-26-23-10-5-4-9-22(21)23/h4-10,13,16,24,26H,3,11-12,14-15,17H2,1-2H3,(H,27,30)(H,28,29). The van der Waals surface area contributed by atoms with Gasteiger partial charge in [-0.2, -0.15) is 0 Å². The van der Waals surface area contributed by atoms with E-state index in [4.69, 9.17) is 9.47 Å². The monoisotopic (exact) mass is 437 g/mol. The number of carbonyl (C=O) groups excluding carboxylic acids is 2. The average molecular weight is 438 g/mol. The van der Waals surface area contributed by atoms with Gasteiger partial charge in [0.05, 0.1) is 19.8 Å². The summed E-state index contributed by atoms with van der Waals surface area (Å²) in [6.45, 7) is 6.03. The van der Waals surface area contributed by atoms with Crippen LogP contribution in [0.25, 0.3) is 10.9 Å². The van der Waals surface area contributed by atoms with E-state index >= 15 is 0 Å². The third-order valence-electron chi connectivity index (χ3n) is 5.10. The fourth-order valence-corrected chi connectivity index (χ4v) is 3.57. The number of rotatable bonds is 12. The van der Waals surface area contributed by atoms with Crippen LogP contribution in [0.3, 0.4) is 0 Å². The minimum absolute atomic E-state index is 0.219. The lowest BCUT2D eigenvalue weighted by molar-refractivity contribution is -0.128. The number of para-hydroxylation sites is 1. The first-order chi connectivity index (χ1) is 15.6. The number of hydrogen-bond acceptors (Lipinski definition) is 4. The second-order valence-electron chi connectivity index (χ2n) is 7.60. The molecule has 0 aliphatic carbocycles. The molecule has 3 N–H and O–H groups in total. The molecule has 2 amide bonds.